The van der Waals surface area contributed by atoms with Crippen molar-refractivity contribution in [3.63, 3.8) is 0 Å². The zero-order valence-electron chi connectivity index (χ0n) is 19.3. The maximum absolute atomic E-state index is 14.7. The van der Waals surface area contributed by atoms with Gasteiger partial charge in [-0.05, 0) is 59.7 Å². The van der Waals surface area contributed by atoms with Gasteiger partial charge in [-0.2, -0.15) is 0 Å². The smallest absolute Gasteiger partial charge is 0.410 e. The quantitative estimate of drug-likeness (QED) is 0.706. The lowest BCUT2D eigenvalue weighted by atomic mass is 10.2. The summed E-state index contributed by atoms with van der Waals surface area (Å²) in [5.74, 6) is -0.402. The number of ether oxygens (including phenoxy) is 2. The van der Waals surface area contributed by atoms with Crippen molar-refractivity contribution in [1.82, 2.24) is 10.2 Å². The Bertz CT molecular complexity index is 758. The van der Waals surface area contributed by atoms with Crippen molar-refractivity contribution in [2.24, 2.45) is 0 Å². The molecule has 1 aliphatic heterocycles. The van der Waals surface area contributed by atoms with E-state index in [1.807, 2.05) is 25.7 Å². The van der Waals surface area contributed by atoms with Gasteiger partial charge in [0, 0.05) is 38.4 Å². The van der Waals surface area contributed by atoms with Crippen LogP contribution in [0.2, 0.25) is 0 Å². The third-order valence-corrected chi connectivity index (χ3v) is 4.67. The minimum Gasteiger partial charge on any atom is -0.444 e. The maximum atomic E-state index is 14.7. The highest BCUT2D eigenvalue weighted by Crippen LogP contribution is 2.26. The van der Waals surface area contributed by atoms with Crippen molar-refractivity contribution in [2.45, 2.75) is 59.4 Å². The number of rotatable bonds is 6. The van der Waals surface area contributed by atoms with Crippen LogP contribution in [0.5, 0.6) is 0 Å². The van der Waals surface area contributed by atoms with Gasteiger partial charge in [0.15, 0.2) is 0 Å². The van der Waals surface area contributed by atoms with Gasteiger partial charge in [0.05, 0.1) is 17.9 Å². The molecule has 2 rings (SSSR count). The van der Waals surface area contributed by atoms with Crippen LogP contribution in [-0.4, -0.2) is 67.6 Å². The molecule has 1 heterocycles. The molecule has 3 amide bonds. The molecule has 0 aliphatic carbocycles. The van der Waals surface area contributed by atoms with Gasteiger partial charge >= 0.3 is 12.1 Å². The number of hydrogen-bond acceptors (Lipinski definition) is 5. The molecule has 1 aromatic rings. The molecule has 8 nitrogen and oxygen atoms in total. The van der Waals surface area contributed by atoms with Gasteiger partial charge in [-0.25, -0.2) is 14.0 Å². The first kappa shape index (κ1) is 24.7. The summed E-state index contributed by atoms with van der Waals surface area (Å²) in [4.78, 5) is 27.7. The second kappa shape index (κ2) is 10.7. The normalized spacial score (nSPS) is 19.0. The monoisotopic (exact) mass is 438 g/mol. The fraction of sp³-hybridized carbons (Fsp3) is 0.636. The molecule has 0 saturated carbocycles. The number of urea groups is 1. The molecule has 1 aromatic carbocycles. The summed E-state index contributed by atoms with van der Waals surface area (Å²) in [7, 11) is 0. The molecule has 174 valence electrons. The number of halogens is 1. The molecular formula is C22H35FN4O4. The summed E-state index contributed by atoms with van der Waals surface area (Å²) in [5.41, 5.74) is 0.263. The van der Waals surface area contributed by atoms with E-state index in [9.17, 15) is 14.0 Å². The minimum absolute atomic E-state index is 0.0232. The van der Waals surface area contributed by atoms with Crippen LogP contribution in [0.15, 0.2) is 18.2 Å². The van der Waals surface area contributed by atoms with Crippen LogP contribution in [0.25, 0.3) is 0 Å². The average Bonchev–Trinajstić information content (AvgIpc) is 2.63. The number of benzene rings is 1. The van der Waals surface area contributed by atoms with E-state index < -0.39 is 23.5 Å². The Hall–Kier alpha value is -2.55. The lowest BCUT2D eigenvalue weighted by Gasteiger charge is -2.37. The predicted octanol–water partition coefficient (Wildman–Crippen LogP) is 3.82. The first-order valence-electron chi connectivity index (χ1n) is 10.7. The van der Waals surface area contributed by atoms with E-state index in [1.54, 1.807) is 32.9 Å². The molecule has 1 aliphatic rings. The third kappa shape index (κ3) is 7.90. The van der Waals surface area contributed by atoms with Crippen molar-refractivity contribution in [3.05, 3.63) is 24.0 Å². The fourth-order valence-electron chi connectivity index (χ4n) is 3.40. The molecule has 1 saturated heterocycles. The number of anilines is 2. The Morgan fingerprint density at radius 3 is 2.45 bits per heavy atom. The average molecular weight is 439 g/mol. The second-order valence-electron chi connectivity index (χ2n) is 8.77. The van der Waals surface area contributed by atoms with Gasteiger partial charge < -0.3 is 29.9 Å². The molecule has 9 heteroatoms. The topological polar surface area (TPSA) is 83.1 Å². The molecule has 0 bridgehead atoms. The number of nitrogens with zero attached hydrogens (tertiary/aromatic N) is 2. The molecule has 2 N–H and O–H groups in total. The van der Waals surface area contributed by atoms with Crippen LogP contribution in [0.3, 0.4) is 0 Å². The maximum Gasteiger partial charge on any atom is 0.410 e. The van der Waals surface area contributed by atoms with Crippen molar-refractivity contribution >= 4 is 23.5 Å². The summed E-state index contributed by atoms with van der Waals surface area (Å²) >= 11 is 0. The van der Waals surface area contributed by atoms with E-state index in [1.165, 1.54) is 11.0 Å². The number of hydrogen-bond donors (Lipinski definition) is 2. The number of carbonyl (C=O) groups excluding carboxylic acids is 2. The SMILES string of the molecule is CCN(CCNC(=O)Nc1ccc(N2CC(C)OC(C)C2)c(F)c1)C(=O)OC(C)(C)C. The highest BCUT2D eigenvalue weighted by Gasteiger charge is 2.24. The van der Waals surface area contributed by atoms with E-state index in [0.717, 1.165) is 0 Å². The number of nitrogens with one attached hydrogen (secondary N) is 2. The van der Waals surface area contributed by atoms with Gasteiger partial charge in [0.25, 0.3) is 0 Å². The lowest BCUT2D eigenvalue weighted by Crippen LogP contribution is -2.45. The van der Waals surface area contributed by atoms with E-state index >= 15 is 0 Å². The Balaban J connectivity index is 1.85. The predicted molar refractivity (Wildman–Crippen MR) is 119 cm³/mol. The van der Waals surface area contributed by atoms with Crippen molar-refractivity contribution in [3.8, 4) is 0 Å². The minimum atomic E-state index is -0.581. The molecule has 2 atom stereocenters. The van der Waals surface area contributed by atoms with Crippen molar-refractivity contribution < 1.29 is 23.5 Å². The Labute approximate surface area is 184 Å². The Kier molecular flexibility index (Phi) is 8.50. The van der Waals surface area contributed by atoms with Crippen molar-refractivity contribution in [1.29, 1.82) is 0 Å². The van der Waals surface area contributed by atoms with Crippen LogP contribution in [0.4, 0.5) is 25.4 Å². The molecule has 0 spiro atoms. The van der Waals surface area contributed by atoms with Gasteiger partial charge in [-0.1, -0.05) is 0 Å². The number of morpholine rings is 1. The van der Waals surface area contributed by atoms with Gasteiger partial charge in [0.1, 0.15) is 11.4 Å². The molecule has 2 unspecified atom stereocenters. The zero-order valence-corrected chi connectivity index (χ0v) is 19.3. The molecule has 1 fully saturated rings. The van der Waals surface area contributed by atoms with Gasteiger partial charge in [-0.15, -0.1) is 0 Å². The van der Waals surface area contributed by atoms with Gasteiger partial charge in [0.2, 0.25) is 0 Å². The number of amides is 3. The molecule has 0 aromatic heterocycles. The number of likely N-dealkylation sites (N-methyl/N-ethyl adjacent to an activating group) is 1. The Morgan fingerprint density at radius 2 is 1.90 bits per heavy atom. The Morgan fingerprint density at radius 1 is 1.26 bits per heavy atom. The highest BCUT2D eigenvalue weighted by atomic mass is 19.1. The summed E-state index contributed by atoms with van der Waals surface area (Å²) in [6, 6.07) is 4.17. The van der Waals surface area contributed by atoms with Crippen LogP contribution >= 0.6 is 0 Å². The van der Waals surface area contributed by atoms with E-state index in [4.69, 9.17) is 9.47 Å². The van der Waals surface area contributed by atoms with Gasteiger partial charge in [-0.3, -0.25) is 0 Å². The highest BCUT2D eigenvalue weighted by molar-refractivity contribution is 5.89. The molecule has 31 heavy (non-hydrogen) atoms. The zero-order chi connectivity index (χ0) is 23.2. The van der Waals surface area contributed by atoms with E-state index in [2.05, 4.69) is 10.6 Å². The number of carbonyl (C=O) groups is 2. The van der Waals surface area contributed by atoms with Crippen LogP contribution in [-0.2, 0) is 9.47 Å². The summed E-state index contributed by atoms with van der Waals surface area (Å²) in [6.07, 6.45) is -0.383. The largest absolute Gasteiger partial charge is 0.444 e. The fourth-order valence-corrected chi connectivity index (χ4v) is 3.40. The third-order valence-electron chi connectivity index (χ3n) is 4.67. The summed E-state index contributed by atoms with van der Waals surface area (Å²) < 4.78 is 25.7. The lowest BCUT2D eigenvalue weighted by molar-refractivity contribution is -0.00540. The molecule has 0 radical (unpaired) electrons. The van der Waals surface area contributed by atoms with Crippen molar-refractivity contribution in [2.75, 3.05) is 42.9 Å². The summed E-state index contributed by atoms with van der Waals surface area (Å²) in [5, 5.41) is 5.30. The van der Waals surface area contributed by atoms with E-state index in [0.29, 0.717) is 37.6 Å². The van der Waals surface area contributed by atoms with Crippen LogP contribution < -0.4 is 15.5 Å². The standard InChI is InChI=1S/C22H35FN4O4/c1-7-26(21(29)31-22(4,5)6)11-10-24-20(28)25-17-8-9-19(18(23)12-17)27-13-15(2)30-16(3)14-27/h8-9,12,15-16H,7,10-11,13-14H2,1-6H3,(H2,24,25,28). The van der Waals surface area contributed by atoms with E-state index in [-0.39, 0.29) is 18.8 Å². The second-order valence-corrected chi connectivity index (χ2v) is 8.77. The summed E-state index contributed by atoms with van der Waals surface area (Å²) in [6.45, 7) is 13.4. The van der Waals surface area contributed by atoms with Crippen LogP contribution in [0, 0.1) is 5.82 Å². The first-order chi connectivity index (χ1) is 14.5. The van der Waals surface area contributed by atoms with Crippen LogP contribution in [0.1, 0.15) is 41.5 Å². The molecular weight excluding hydrogens is 403 g/mol. The first-order valence-corrected chi connectivity index (χ1v) is 10.7.